The number of fused-ring (bicyclic) bond motifs is 1. The van der Waals surface area contributed by atoms with Gasteiger partial charge in [-0.1, -0.05) is 25.0 Å². The molecule has 1 heterocycles. The molecule has 0 saturated heterocycles. The topological polar surface area (TPSA) is 44.7 Å². The number of rotatable bonds is 6. The summed E-state index contributed by atoms with van der Waals surface area (Å²) >= 11 is 0. The number of alkyl halides is 3. The first-order valence-electron chi connectivity index (χ1n) is 9.64. The van der Waals surface area contributed by atoms with Crippen molar-refractivity contribution in [2.24, 2.45) is 11.0 Å². The molecule has 2 atom stereocenters. The van der Waals surface area contributed by atoms with Gasteiger partial charge < -0.3 is 5.32 Å². The zero-order valence-electron chi connectivity index (χ0n) is 15.9. The van der Waals surface area contributed by atoms with Gasteiger partial charge in [0, 0.05) is 25.4 Å². The molecule has 3 rings (SSSR count). The first-order valence-corrected chi connectivity index (χ1v) is 9.64. The second-order valence-electron chi connectivity index (χ2n) is 7.77. The summed E-state index contributed by atoms with van der Waals surface area (Å²) in [5.74, 6) is -1.11. The van der Waals surface area contributed by atoms with E-state index in [9.17, 15) is 22.4 Å². The van der Waals surface area contributed by atoms with E-state index in [1.54, 1.807) is 17.1 Å². The van der Waals surface area contributed by atoms with Gasteiger partial charge in [-0.25, -0.2) is 4.39 Å². The van der Waals surface area contributed by atoms with Crippen LogP contribution in [0.2, 0.25) is 0 Å². The molecule has 154 valence electrons. The fraction of sp³-hybridized carbons (Fsp3) is 0.600. The van der Waals surface area contributed by atoms with E-state index in [4.69, 9.17) is 0 Å². The highest BCUT2D eigenvalue weighted by atomic mass is 19.4. The van der Waals surface area contributed by atoms with Crippen molar-refractivity contribution in [3.63, 3.8) is 0 Å². The van der Waals surface area contributed by atoms with Crippen molar-refractivity contribution in [2.45, 2.75) is 63.7 Å². The molecule has 1 N–H and O–H groups in total. The smallest absolute Gasteiger partial charge is 0.352 e. The molecule has 1 aliphatic carbocycles. The maximum atomic E-state index is 13.4. The van der Waals surface area contributed by atoms with Crippen LogP contribution in [0, 0.1) is 11.7 Å². The van der Waals surface area contributed by atoms with Crippen LogP contribution in [0.4, 0.5) is 17.6 Å². The Hall–Kier alpha value is -2.12. The van der Waals surface area contributed by atoms with Gasteiger partial charge in [-0.2, -0.15) is 18.3 Å². The fourth-order valence-corrected chi connectivity index (χ4v) is 4.21. The first kappa shape index (κ1) is 20.6. The fourth-order valence-electron chi connectivity index (χ4n) is 4.21. The lowest BCUT2D eigenvalue weighted by atomic mass is 9.72. The van der Waals surface area contributed by atoms with Gasteiger partial charge in [0.05, 0.1) is 5.54 Å². The van der Waals surface area contributed by atoms with Crippen LogP contribution >= 0.6 is 0 Å². The number of nitrogens with zero attached hydrogens (tertiary/aromatic N) is 2. The second-order valence-corrected chi connectivity index (χ2v) is 7.77. The largest absolute Gasteiger partial charge is 0.431 e. The molecule has 0 radical (unpaired) electrons. The number of amides is 1. The van der Waals surface area contributed by atoms with Crippen molar-refractivity contribution >= 4 is 11.6 Å². The van der Waals surface area contributed by atoms with E-state index < -0.39 is 23.3 Å². The Balaban J connectivity index is 1.52. The summed E-state index contributed by atoms with van der Waals surface area (Å²) in [5, 5.41) is 8.24. The summed E-state index contributed by atoms with van der Waals surface area (Å²) in [4.78, 5) is 12.0. The highest BCUT2D eigenvalue weighted by Crippen LogP contribution is 2.47. The Bertz CT molecular complexity index is 732. The minimum Gasteiger partial charge on any atom is -0.352 e. The highest BCUT2D eigenvalue weighted by molar-refractivity contribution is 5.94. The molecule has 1 aliphatic heterocycles. The molecule has 1 aromatic carbocycles. The van der Waals surface area contributed by atoms with Crippen LogP contribution in [-0.4, -0.2) is 34.9 Å². The van der Waals surface area contributed by atoms with Gasteiger partial charge >= 0.3 is 6.18 Å². The summed E-state index contributed by atoms with van der Waals surface area (Å²) in [5.41, 5.74) is -0.505. The van der Waals surface area contributed by atoms with Gasteiger partial charge in [0.2, 0.25) is 5.91 Å². The van der Waals surface area contributed by atoms with Crippen LogP contribution in [0.25, 0.3) is 0 Å². The number of carbonyl (C=O) groups excluding carboxylic acids is 1. The summed E-state index contributed by atoms with van der Waals surface area (Å²) in [6, 6.07) is 5.84. The lowest BCUT2D eigenvalue weighted by molar-refractivity contribution is -0.121. The minimum atomic E-state index is -4.41. The van der Waals surface area contributed by atoms with E-state index in [0.717, 1.165) is 18.4 Å². The SMILES string of the molecule is CC12CCCCC1C(C(F)(F)F)=NN2CCCC(=O)NCc1ccc(F)cc1. The van der Waals surface area contributed by atoms with E-state index >= 15 is 0 Å². The molecule has 2 unspecified atom stereocenters. The van der Waals surface area contributed by atoms with Gasteiger partial charge in [0.25, 0.3) is 0 Å². The molecule has 2 aliphatic rings. The van der Waals surface area contributed by atoms with Crippen LogP contribution in [0.3, 0.4) is 0 Å². The summed E-state index contributed by atoms with van der Waals surface area (Å²) < 4.78 is 53.0. The molecular weight excluding hydrogens is 374 g/mol. The van der Waals surface area contributed by atoms with Gasteiger partial charge in [-0.05, 0) is 43.9 Å². The normalized spacial score (nSPS) is 24.7. The lowest BCUT2D eigenvalue weighted by Gasteiger charge is -2.42. The minimum absolute atomic E-state index is 0.186. The highest BCUT2D eigenvalue weighted by Gasteiger charge is 2.56. The predicted molar refractivity (Wildman–Crippen MR) is 98.0 cm³/mol. The van der Waals surface area contributed by atoms with Crippen molar-refractivity contribution in [1.29, 1.82) is 0 Å². The average Bonchev–Trinajstić information content (AvgIpc) is 2.94. The van der Waals surface area contributed by atoms with E-state index in [-0.39, 0.29) is 18.1 Å². The molecule has 1 saturated carbocycles. The number of nitrogens with one attached hydrogen (secondary N) is 1. The van der Waals surface area contributed by atoms with Crippen LogP contribution in [0.15, 0.2) is 29.4 Å². The average molecular weight is 399 g/mol. The van der Waals surface area contributed by atoms with Gasteiger partial charge in [0.1, 0.15) is 11.5 Å². The van der Waals surface area contributed by atoms with Crippen molar-refractivity contribution in [3.8, 4) is 0 Å². The third-order valence-corrected chi connectivity index (χ3v) is 5.79. The number of halogens is 4. The summed E-state index contributed by atoms with van der Waals surface area (Å²) in [7, 11) is 0. The zero-order chi connectivity index (χ0) is 20.4. The van der Waals surface area contributed by atoms with Crippen molar-refractivity contribution in [3.05, 3.63) is 35.6 Å². The molecule has 1 amide bonds. The quantitative estimate of drug-likeness (QED) is 0.721. The van der Waals surface area contributed by atoms with Crippen molar-refractivity contribution < 1.29 is 22.4 Å². The number of hydrazone groups is 1. The molecule has 8 heteroatoms. The molecule has 0 bridgehead atoms. The second kappa shape index (κ2) is 8.09. The molecule has 1 fully saturated rings. The van der Waals surface area contributed by atoms with Crippen LogP contribution in [-0.2, 0) is 11.3 Å². The van der Waals surface area contributed by atoms with E-state index in [2.05, 4.69) is 10.4 Å². The Labute approximate surface area is 162 Å². The monoisotopic (exact) mass is 399 g/mol. The molecule has 1 aromatic rings. The third kappa shape index (κ3) is 4.47. The first-order chi connectivity index (χ1) is 13.2. The number of hydrogen-bond donors (Lipinski definition) is 1. The third-order valence-electron chi connectivity index (χ3n) is 5.79. The van der Waals surface area contributed by atoms with Crippen LogP contribution < -0.4 is 5.32 Å². The Kier molecular flexibility index (Phi) is 5.95. The van der Waals surface area contributed by atoms with E-state index in [0.29, 0.717) is 32.4 Å². The zero-order valence-corrected chi connectivity index (χ0v) is 15.9. The molecule has 0 spiro atoms. The molecule has 0 aromatic heterocycles. The maximum absolute atomic E-state index is 13.4. The van der Waals surface area contributed by atoms with Crippen LogP contribution in [0.5, 0.6) is 0 Å². The molecule has 28 heavy (non-hydrogen) atoms. The Morgan fingerprint density at radius 2 is 2.00 bits per heavy atom. The van der Waals surface area contributed by atoms with Gasteiger partial charge in [0.15, 0.2) is 0 Å². The Morgan fingerprint density at radius 3 is 2.68 bits per heavy atom. The Morgan fingerprint density at radius 1 is 1.29 bits per heavy atom. The lowest BCUT2D eigenvalue weighted by Crippen LogP contribution is -2.49. The van der Waals surface area contributed by atoms with E-state index in [1.807, 2.05) is 6.92 Å². The number of carbonyl (C=O) groups is 1. The van der Waals surface area contributed by atoms with Gasteiger partial charge in [-0.3, -0.25) is 9.80 Å². The van der Waals surface area contributed by atoms with Crippen molar-refractivity contribution in [2.75, 3.05) is 6.54 Å². The standard InChI is InChI=1S/C20H25F4N3O/c1-19-11-3-2-5-16(19)18(20(22,23)24)26-27(19)12-4-6-17(28)25-13-14-7-9-15(21)10-8-14/h7-10,16H,2-6,11-13H2,1H3,(H,25,28). The van der Waals surface area contributed by atoms with Crippen molar-refractivity contribution in [1.82, 2.24) is 10.3 Å². The summed E-state index contributed by atoms with van der Waals surface area (Å²) in [6.45, 7) is 2.46. The predicted octanol–water partition coefficient (Wildman–Crippen LogP) is 4.40. The maximum Gasteiger partial charge on any atom is 0.431 e. The van der Waals surface area contributed by atoms with Crippen LogP contribution in [0.1, 0.15) is 51.0 Å². The molecular formula is C20H25F4N3O. The number of hydrogen-bond acceptors (Lipinski definition) is 3. The van der Waals surface area contributed by atoms with Gasteiger partial charge in [-0.15, -0.1) is 0 Å². The van der Waals surface area contributed by atoms with E-state index in [1.165, 1.54) is 12.1 Å². The summed E-state index contributed by atoms with van der Waals surface area (Å²) in [6.07, 6.45) is -0.926. The number of benzene rings is 1. The molecule has 4 nitrogen and oxygen atoms in total.